The molecule has 0 heterocycles. The van der Waals surface area contributed by atoms with Gasteiger partial charge in [0.15, 0.2) is 6.10 Å². The first-order valence-electron chi connectivity index (χ1n) is 9.13. The van der Waals surface area contributed by atoms with Gasteiger partial charge in [-0.1, -0.05) is 58.0 Å². The van der Waals surface area contributed by atoms with Crippen molar-refractivity contribution in [1.82, 2.24) is 5.32 Å². The molecule has 0 bridgehead atoms. The molecule has 0 unspecified atom stereocenters. The van der Waals surface area contributed by atoms with E-state index in [4.69, 9.17) is 4.74 Å². The number of hydrogen-bond donors (Lipinski definition) is 1. The SMILES string of the molecule is CC[C@H](Oc1ccc(C(C)(C)C)cc1)C(=O)NCCSc1ccccc1. The van der Waals surface area contributed by atoms with Gasteiger partial charge in [-0.3, -0.25) is 4.79 Å². The van der Waals surface area contributed by atoms with Crippen molar-refractivity contribution in [2.45, 2.75) is 50.5 Å². The van der Waals surface area contributed by atoms with Crippen LogP contribution in [0.5, 0.6) is 5.75 Å². The molecule has 0 spiro atoms. The van der Waals surface area contributed by atoms with E-state index < -0.39 is 6.10 Å². The lowest BCUT2D eigenvalue weighted by Gasteiger charge is -2.21. The molecule has 2 rings (SSSR count). The fourth-order valence-electron chi connectivity index (χ4n) is 2.49. The first kappa shape index (κ1) is 20.4. The largest absolute Gasteiger partial charge is 0.481 e. The lowest BCUT2D eigenvalue weighted by atomic mass is 9.87. The van der Waals surface area contributed by atoms with Gasteiger partial charge in [0.2, 0.25) is 0 Å². The summed E-state index contributed by atoms with van der Waals surface area (Å²) in [6.45, 7) is 9.13. The maximum Gasteiger partial charge on any atom is 0.261 e. The first-order valence-corrected chi connectivity index (χ1v) is 10.1. The minimum atomic E-state index is -0.461. The minimum absolute atomic E-state index is 0.0546. The maximum atomic E-state index is 12.4. The van der Waals surface area contributed by atoms with E-state index in [9.17, 15) is 4.79 Å². The summed E-state index contributed by atoms with van der Waals surface area (Å²) in [6, 6.07) is 18.2. The van der Waals surface area contributed by atoms with Crippen LogP contribution in [-0.2, 0) is 10.2 Å². The van der Waals surface area contributed by atoms with Crippen molar-refractivity contribution in [3.63, 3.8) is 0 Å². The van der Waals surface area contributed by atoms with Gasteiger partial charge in [-0.05, 0) is 41.7 Å². The molecule has 0 saturated heterocycles. The predicted molar refractivity (Wildman–Crippen MR) is 110 cm³/mol. The molecule has 140 valence electrons. The zero-order chi connectivity index (χ0) is 19.0. The Morgan fingerprint density at radius 2 is 1.73 bits per heavy atom. The molecule has 1 amide bonds. The van der Waals surface area contributed by atoms with Crippen LogP contribution in [0.25, 0.3) is 0 Å². The molecule has 1 N–H and O–H groups in total. The summed E-state index contributed by atoms with van der Waals surface area (Å²) in [7, 11) is 0. The average molecular weight is 372 g/mol. The van der Waals surface area contributed by atoms with Crippen LogP contribution in [0.2, 0.25) is 0 Å². The second kappa shape index (κ2) is 9.67. The molecule has 4 heteroatoms. The van der Waals surface area contributed by atoms with E-state index in [1.54, 1.807) is 11.8 Å². The Kier molecular flexibility index (Phi) is 7.58. The van der Waals surface area contributed by atoms with E-state index in [-0.39, 0.29) is 11.3 Å². The highest BCUT2D eigenvalue weighted by Gasteiger charge is 2.19. The molecule has 3 nitrogen and oxygen atoms in total. The highest BCUT2D eigenvalue weighted by molar-refractivity contribution is 7.99. The Labute approximate surface area is 161 Å². The van der Waals surface area contributed by atoms with E-state index >= 15 is 0 Å². The van der Waals surface area contributed by atoms with Crippen LogP contribution in [0, 0.1) is 0 Å². The van der Waals surface area contributed by atoms with Crippen LogP contribution in [0.1, 0.15) is 39.7 Å². The lowest BCUT2D eigenvalue weighted by Crippen LogP contribution is -2.39. The molecular weight excluding hydrogens is 342 g/mol. The van der Waals surface area contributed by atoms with Gasteiger partial charge in [0, 0.05) is 17.2 Å². The monoisotopic (exact) mass is 371 g/mol. The fourth-order valence-corrected chi connectivity index (χ4v) is 3.28. The summed E-state index contributed by atoms with van der Waals surface area (Å²) in [6.07, 6.45) is 0.177. The normalized spacial score (nSPS) is 12.5. The van der Waals surface area contributed by atoms with E-state index in [0.29, 0.717) is 13.0 Å². The molecule has 0 aliphatic heterocycles. The third-order valence-electron chi connectivity index (χ3n) is 4.08. The number of hydrogen-bond acceptors (Lipinski definition) is 3. The Hall–Kier alpha value is -1.94. The molecule has 2 aromatic rings. The second-order valence-electron chi connectivity index (χ2n) is 7.24. The number of amides is 1. The molecule has 0 aromatic heterocycles. The molecule has 0 saturated carbocycles. The molecule has 26 heavy (non-hydrogen) atoms. The van der Waals surface area contributed by atoms with Crippen LogP contribution < -0.4 is 10.1 Å². The second-order valence-corrected chi connectivity index (χ2v) is 8.41. The van der Waals surface area contributed by atoms with Crippen molar-refractivity contribution in [3.8, 4) is 5.75 Å². The number of thioether (sulfide) groups is 1. The number of benzene rings is 2. The number of carbonyl (C=O) groups is 1. The van der Waals surface area contributed by atoms with Crippen molar-refractivity contribution in [3.05, 3.63) is 60.2 Å². The molecule has 2 aromatic carbocycles. The quantitative estimate of drug-likeness (QED) is 0.521. The number of rotatable bonds is 8. The number of ether oxygens (including phenoxy) is 1. The zero-order valence-corrected chi connectivity index (χ0v) is 16.9. The smallest absolute Gasteiger partial charge is 0.261 e. The lowest BCUT2D eigenvalue weighted by molar-refractivity contribution is -0.127. The molecule has 0 aliphatic carbocycles. The highest BCUT2D eigenvalue weighted by atomic mass is 32.2. The van der Waals surface area contributed by atoms with Gasteiger partial charge in [0.05, 0.1) is 0 Å². The van der Waals surface area contributed by atoms with Crippen LogP contribution in [-0.4, -0.2) is 24.3 Å². The van der Waals surface area contributed by atoms with E-state index in [2.05, 4.69) is 50.4 Å². The number of carbonyl (C=O) groups excluding carboxylic acids is 1. The summed E-state index contributed by atoms with van der Waals surface area (Å²) in [4.78, 5) is 13.6. The average Bonchev–Trinajstić information content (AvgIpc) is 2.63. The van der Waals surface area contributed by atoms with Crippen molar-refractivity contribution in [2.75, 3.05) is 12.3 Å². The third-order valence-corrected chi connectivity index (χ3v) is 5.09. The molecule has 0 radical (unpaired) electrons. The zero-order valence-electron chi connectivity index (χ0n) is 16.1. The highest BCUT2D eigenvalue weighted by Crippen LogP contribution is 2.25. The number of nitrogens with one attached hydrogen (secondary N) is 1. The van der Waals surface area contributed by atoms with Crippen LogP contribution in [0.15, 0.2) is 59.5 Å². The Morgan fingerprint density at radius 1 is 1.08 bits per heavy atom. The molecule has 0 fully saturated rings. The minimum Gasteiger partial charge on any atom is -0.481 e. The maximum absolute atomic E-state index is 12.4. The van der Waals surface area contributed by atoms with Gasteiger partial charge >= 0.3 is 0 Å². The van der Waals surface area contributed by atoms with Crippen molar-refractivity contribution in [1.29, 1.82) is 0 Å². The Bertz CT molecular complexity index is 678. The fraction of sp³-hybridized carbons (Fsp3) is 0.409. The summed E-state index contributed by atoms with van der Waals surface area (Å²) in [5.41, 5.74) is 1.36. The van der Waals surface area contributed by atoms with Crippen molar-refractivity contribution >= 4 is 17.7 Å². The molecule has 1 atom stereocenters. The van der Waals surface area contributed by atoms with E-state index in [1.807, 2.05) is 37.3 Å². The molecule has 0 aliphatic rings. The summed E-state index contributed by atoms with van der Waals surface area (Å²) in [5.74, 6) is 1.52. The van der Waals surface area contributed by atoms with Crippen LogP contribution in [0.3, 0.4) is 0 Å². The van der Waals surface area contributed by atoms with Gasteiger partial charge in [-0.15, -0.1) is 11.8 Å². The Morgan fingerprint density at radius 3 is 2.31 bits per heavy atom. The van der Waals surface area contributed by atoms with Gasteiger partial charge in [-0.25, -0.2) is 0 Å². The predicted octanol–water partition coefficient (Wildman–Crippen LogP) is 5.05. The first-order chi connectivity index (χ1) is 12.4. The van der Waals surface area contributed by atoms with Gasteiger partial charge in [-0.2, -0.15) is 0 Å². The summed E-state index contributed by atoms with van der Waals surface area (Å²) < 4.78 is 5.89. The van der Waals surface area contributed by atoms with Gasteiger partial charge < -0.3 is 10.1 Å². The van der Waals surface area contributed by atoms with Crippen LogP contribution >= 0.6 is 11.8 Å². The molecular formula is C22H29NO2S. The van der Waals surface area contributed by atoms with Crippen LogP contribution in [0.4, 0.5) is 0 Å². The third kappa shape index (κ3) is 6.41. The van der Waals surface area contributed by atoms with Crippen molar-refractivity contribution < 1.29 is 9.53 Å². The van der Waals surface area contributed by atoms with E-state index in [1.165, 1.54) is 10.5 Å². The van der Waals surface area contributed by atoms with Gasteiger partial charge in [0.25, 0.3) is 5.91 Å². The Balaban J connectivity index is 1.80. The van der Waals surface area contributed by atoms with E-state index in [0.717, 1.165) is 11.5 Å². The topological polar surface area (TPSA) is 38.3 Å². The summed E-state index contributed by atoms with van der Waals surface area (Å²) in [5, 5.41) is 2.98. The van der Waals surface area contributed by atoms with Crippen molar-refractivity contribution in [2.24, 2.45) is 0 Å². The summed E-state index contributed by atoms with van der Waals surface area (Å²) >= 11 is 1.73. The van der Waals surface area contributed by atoms with Gasteiger partial charge in [0.1, 0.15) is 5.75 Å². The standard InChI is InChI=1S/C22H29NO2S/c1-5-20(25-18-13-11-17(12-14-18)22(2,3)4)21(24)23-15-16-26-19-9-7-6-8-10-19/h6-14,20H,5,15-16H2,1-4H3,(H,23,24)/t20-/m0/s1.